The first-order valence-electron chi connectivity index (χ1n) is 11.6. The molecule has 0 radical (unpaired) electrons. The number of fused-ring (bicyclic) bond motifs is 1. The zero-order valence-corrected chi connectivity index (χ0v) is 19.8. The van der Waals surface area contributed by atoms with E-state index >= 15 is 0 Å². The van der Waals surface area contributed by atoms with Gasteiger partial charge in [-0.25, -0.2) is 23.2 Å². The van der Waals surface area contributed by atoms with Gasteiger partial charge in [0.2, 0.25) is 0 Å². The average Bonchev–Trinajstić information content (AvgIpc) is 3.44. The molecular weight excluding hydrogens is 468 g/mol. The maximum absolute atomic E-state index is 14.2. The zero-order chi connectivity index (χ0) is 25.6. The number of hydrogen-bond donors (Lipinski definition) is 3. The Morgan fingerprint density at radius 3 is 2.53 bits per heavy atom. The first-order chi connectivity index (χ1) is 17.3. The quantitative estimate of drug-likeness (QED) is 0.370. The SMILES string of the molecule is COC1Cc2ccc(-n3c(-c4cc(C(C)Cc5c(F)cccc5F)c(O)cc4O)n[nH]c3=O)cc2C1. The predicted octanol–water partition coefficient (Wildman–Crippen LogP) is 4.38. The largest absolute Gasteiger partial charge is 0.508 e. The molecule has 0 aliphatic heterocycles. The summed E-state index contributed by atoms with van der Waals surface area (Å²) >= 11 is 0. The van der Waals surface area contributed by atoms with Gasteiger partial charge in [0.05, 0.1) is 17.4 Å². The Balaban J connectivity index is 1.55. The summed E-state index contributed by atoms with van der Waals surface area (Å²) in [4.78, 5) is 12.8. The summed E-state index contributed by atoms with van der Waals surface area (Å²) in [5, 5.41) is 27.8. The van der Waals surface area contributed by atoms with Crippen LogP contribution in [0.1, 0.15) is 35.1 Å². The minimum atomic E-state index is -0.672. The van der Waals surface area contributed by atoms with Gasteiger partial charge in [0.25, 0.3) is 0 Å². The number of rotatable bonds is 6. The Morgan fingerprint density at radius 1 is 1.08 bits per heavy atom. The van der Waals surface area contributed by atoms with Gasteiger partial charge in [-0.15, -0.1) is 0 Å². The van der Waals surface area contributed by atoms with E-state index in [1.807, 2.05) is 12.1 Å². The number of hydrogen-bond acceptors (Lipinski definition) is 5. The lowest BCUT2D eigenvalue weighted by atomic mass is 9.91. The standard InChI is InChI=1S/C27H25F2N3O4/c1-14(8-20-22(28)4-3-5-23(20)29)19-12-21(25(34)13-24(19)33)26-30-31-27(35)32(26)17-7-6-15-10-18(36-2)11-16(15)9-17/h3-7,9,12-14,18,33-34H,8,10-11H2,1-2H3,(H,31,35). The molecule has 0 spiro atoms. The molecule has 36 heavy (non-hydrogen) atoms. The first-order valence-corrected chi connectivity index (χ1v) is 11.6. The van der Waals surface area contributed by atoms with Crippen LogP contribution in [0.25, 0.3) is 17.1 Å². The summed E-state index contributed by atoms with van der Waals surface area (Å²) in [6.45, 7) is 1.71. The van der Waals surface area contributed by atoms with E-state index in [4.69, 9.17) is 4.74 Å². The second kappa shape index (κ2) is 9.23. The Hall–Kier alpha value is -3.98. The maximum atomic E-state index is 14.2. The van der Waals surface area contributed by atoms with Gasteiger partial charge in [0.1, 0.15) is 23.1 Å². The molecule has 0 amide bonds. The number of methoxy groups -OCH3 is 1. The van der Waals surface area contributed by atoms with Crippen LogP contribution in [0, 0.1) is 11.6 Å². The highest BCUT2D eigenvalue weighted by Crippen LogP contribution is 2.39. The number of ether oxygens (including phenoxy) is 1. The molecule has 2 atom stereocenters. The molecule has 0 saturated heterocycles. The average molecular weight is 494 g/mol. The molecule has 3 aromatic carbocycles. The van der Waals surface area contributed by atoms with Crippen LogP contribution >= 0.6 is 0 Å². The lowest BCUT2D eigenvalue weighted by Crippen LogP contribution is -2.16. The summed E-state index contributed by atoms with van der Waals surface area (Å²) in [6, 6.07) is 11.9. The third-order valence-electron chi connectivity index (χ3n) is 6.84. The minimum Gasteiger partial charge on any atom is -0.508 e. The summed E-state index contributed by atoms with van der Waals surface area (Å²) in [5.74, 6) is -2.23. The van der Waals surface area contributed by atoms with Crippen molar-refractivity contribution in [3.63, 3.8) is 0 Å². The Kier molecular flexibility index (Phi) is 6.09. The molecule has 2 unspecified atom stereocenters. The van der Waals surface area contributed by atoms with Crippen molar-refractivity contribution in [1.29, 1.82) is 0 Å². The third kappa shape index (κ3) is 4.15. The van der Waals surface area contributed by atoms with Crippen LogP contribution in [-0.4, -0.2) is 38.2 Å². The molecule has 1 heterocycles. The summed E-state index contributed by atoms with van der Waals surface area (Å²) in [6.07, 6.45) is 1.58. The molecule has 3 N–H and O–H groups in total. The fraction of sp³-hybridized carbons (Fsp3) is 0.259. The van der Waals surface area contributed by atoms with Crippen LogP contribution in [0.3, 0.4) is 0 Å². The Bertz CT molecular complexity index is 1490. The van der Waals surface area contributed by atoms with Crippen molar-refractivity contribution < 1.29 is 23.7 Å². The number of aromatic amines is 1. The number of halogens is 2. The van der Waals surface area contributed by atoms with Crippen molar-refractivity contribution >= 4 is 0 Å². The second-order valence-corrected chi connectivity index (χ2v) is 9.14. The van der Waals surface area contributed by atoms with E-state index in [1.54, 1.807) is 20.1 Å². The van der Waals surface area contributed by atoms with Crippen molar-refractivity contribution in [1.82, 2.24) is 14.8 Å². The fourth-order valence-corrected chi connectivity index (χ4v) is 4.90. The zero-order valence-electron chi connectivity index (χ0n) is 19.8. The number of aromatic hydroxyl groups is 2. The molecule has 1 aliphatic carbocycles. The minimum absolute atomic E-state index is 0.0187. The predicted molar refractivity (Wildman–Crippen MR) is 130 cm³/mol. The smallest absolute Gasteiger partial charge is 0.348 e. The topological polar surface area (TPSA) is 100 Å². The van der Waals surface area contributed by atoms with Gasteiger partial charge in [-0.1, -0.05) is 19.1 Å². The van der Waals surface area contributed by atoms with Gasteiger partial charge in [-0.3, -0.25) is 0 Å². The number of H-pyrrole nitrogens is 1. The first kappa shape index (κ1) is 23.7. The van der Waals surface area contributed by atoms with Crippen LogP contribution in [0.15, 0.2) is 53.3 Å². The van der Waals surface area contributed by atoms with Crippen molar-refractivity contribution in [3.05, 3.63) is 92.9 Å². The molecular formula is C27H25F2N3O4. The number of nitrogens with zero attached hydrogens (tertiary/aromatic N) is 2. The van der Waals surface area contributed by atoms with Crippen molar-refractivity contribution in [2.75, 3.05) is 7.11 Å². The molecule has 186 valence electrons. The van der Waals surface area contributed by atoms with Gasteiger partial charge >= 0.3 is 5.69 Å². The molecule has 0 saturated carbocycles. The highest BCUT2D eigenvalue weighted by molar-refractivity contribution is 5.69. The molecule has 0 bridgehead atoms. The summed E-state index contributed by atoms with van der Waals surface area (Å²) in [5.41, 5.74) is 2.73. The lowest BCUT2D eigenvalue weighted by molar-refractivity contribution is 0.112. The van der Waals surface area contributed by atoms with E-state index in [1.165, 1.54) is 28.8 Å². The second-order valence-electron chi connectivity index (χ2n) is 9.14. The van der Waals surface area contributed by atoms with Gasteiger partial charge < -0.3 is 14.9 Å². The van der Waals surface area contributed by atoms with Crippen LogP contribution in [0.2, 0.25) is 0 Å². The van der Waals surface area contributed by atoms with E-state index in [2.05, 4.69) is 10.2 Å². The third-order valence-corrected chi connectivity index (χ3v) is 6.84. The normalized spacial score (nSPS) is 15.7. The van der Waals surface area contributed by atoms with Crippen LogP contribution in [-0.2, 0) is 24.0 Å². The highest BCUT2D eigenvalue weighted by atomic mass is 19.1. The van der Waals surface area contributed by atoms with E-state index in [0.717, 1.165) is 30.0 Å². The van der Waals surface area contributed by atoms with Crippen LogP contribution in [0.4, 0.5) is 8.78 Å². The van der Waals surface area contributed by atoms with Crippen LogP contribution in [0.5, 0.6) is 11.5 Å². The molecule has 1 aliphatic rings. The summed E-state index contributed by atoms with van der Waals surface area (Å²) < 4.78 is 35.3. The van der Waals surface area contributed by atoms with E-state index < -0.39 is 23.2 Å². The summed E-state index contributed by atoms with van der Waals surface area (Å²) in [7, 11) is 1.67. The van der Waals surface area contributed by atoms with E-state index in [9.17, 15) is 23.8 Å². The van der Waals surface area contributed by atoms with Crippen molar-refractivity contribution in [2.24, 2.45) is 0 Å². The van der Waals surface area contributed by atoms with Gasteiger partial charge in [0.15, 0.2) is 5.82 Å². The number of nitrogens with one attached hydrogen (secondary N) is 1. The number of phenolic OH excluding ortho intramolecular Hbond substituents is 2. The van der Waals surface area contributed by atoms with Crippen molar-refractivity contribution in [3.8, 4) is 28.6 Å². The van der Waals surface area contributed by atoms with E-state index in [-0.39, 0.29) is 41.0 Å². The van der Waals surface area contributed by atoms with Gasteiger partial charge in [-0.05, 0) is 72.2 Å². The molecule has 1 aromatic heterocycles. The monoisotopic (exact) mass is 493 g/mol. The van der Waals surface area contributed by atoms with Gasteiger partial charge in [-0.2, -0.15) is 5.10 Å². The number of benzene rings is 3. The number of phenols is 2. The van der Waals surface area contributed by atoms with Gasteiger partial charge in [0, 0.05) is 18.7 Å². The lowest BCUT2D eigenvalue weighted by Gasteiger charge is -2.17. The molecule has 5 rings (SSSR count). The Labute approximate surface area is 205 Å². The maximum Gasteiger partial charge on any atom is 0.348 e. The highest BCUT2D eigenvalue weighted by Gasteiger charge is 2.25. The molecule has 4 aromatic rings. The number of aromatic nitrogens is 3. The molecule has 9 heteroatoms. The fourth-order valence-electron chi connectivity index (χ4n) is 4.90. The Morgan fingerprint density at radius 2 is 1.81 bits per heavy atom. The van der Waals surface area contributed by atoms with E-state index in [0.29, 0.717) is 11.3 Å². The van der Waals surface area contributed by atoms with Crippen molar-refractivity contribution in [2.45, 2.75) is 38.2 Å². The molecule has 0 fully saturated rings. The van der Waals surface area contributed by atoms with Crippen LogP contribution < -0.4 is 5.69 Å². The molecule has 7 nitrogen and oxygen atoms in total.